The fraction of sp³-hybridized carbons (Fsp3) is 0.308. The van der Waals surface area contributed by atoms with Gasteiger partial charge in [0.15, 0.2) is 0 Å². The van der Waals surface area contributed by atoms with Crippen LogP contribution in [0.2, 0.25) is 0 Å². The van der Waals surface area contributed by atoms with Gasteiger partial charge in [-0.2, -0.15) is 5.10 Å². The maximum atomic E-state index is 12.0. The van der Waals surface area contributed by atoms with Crippen molar-refractivity contribution in [2.75, 3.05) is 6.54 Å². The summed E-state index contributed by atoms with van der Waals surface area (Å²) in [5, 5.41) is 6.31. The largest absolute Gasteiger partial charge is 0.489 e. The number of rotatable bonds is 6. The summed E-state index contributed by atoms with van der Waals surface area (Å²) >= 11 is 0. The zero-order valence-electron chi connectivity index (χ0n) is 11.3. The number of hydrogen-bond donors (Lipinski definition) is 2. The van der Waals surface area contributed by atoms with Crippen molar-refractivity contribution in [3.8, 4) is 5.75 Å². The van der Waals surface area contributed by atoms with Crippen LogP contribution in [-0.4, -0.2) is 31.3 Å². The molecule has 2 rings (SSSR count). The fourth-order valence-electron chi connectivity index (χ4n) is 1.69. The Labute approximate surface area is 118 Å². The van der Waals surface area contributed by atoms with Crippen LogP contribution in [0, 0.1) is 6.92 Å². The molecule has 0 spiro atoms. The lowest BCUT2D eigenvalue weighted by molar-refractivity contribution is 0.225. The van der Waals surface area contributed by atoms with Gasteiger partial charge < -0.3 is 4.74 Å². The van der Waals surface area contributed by atoms with Crippen molar-refractivity contribution in [1.29, 1.82) is 0 Å². The van der Waals surface area contributed by atoms with Gasteiger partial charge in [-0.1, -0.05) is 18.2 Å². The Morgan fingerprint density at radius 3 is 2.65 bits per heavy atom. The third-order valence-electron chi connectivity index (χ3n) is 2.71. The molecule has 0 aliphatic carbocycles. The number of benzene rings is 1. The predicted molar refractivity (Wildman–Crippen MR) is 75.0 cm³/mol. The maximum Gasteiger partial charge on any atom is 0.244 e. The number of aromatic nitrogens is 2. The topological polar surface area (TPSA) is 84.1 Å². The van der Waals surface area contributed by atoms with Crippen molar-refractivity contribution in [2.24, 2.45) is 0 Å². The van der Waals surface area contributed by atoms with Gasteiger partial charge in [0.2, 0.25) is 10.0 Å². The van der Waals surface area contributed by atoms with Crippen molar-refractivity contribution in [3.63, 3.8) is 0 Å². The first-order valence-corrected chi connectivity index (χ1v) is 7.68. The first kappa shape index (κ1) is 14.5. The van der Waals surface area contributed by atoms with Crippen LogP contribution >= 0.6 is 0 Å². The Kier molecular flexibility index (Phi) is 4.41. The van der Waals surface area contributed by atoms with E-state index in [1.54, 1.807) is 13.8 Å². The average Bonchev–Trinajstić information content (AvgIpc) is 2.85. The molecule has 0 saturated heterocycles. The van der Waals surface area contributed by atoms with Gasteiger partial charge in [-0.3, -0.25) is 5.10 Å². The molecular weight excluding hydrogens is 278 g/mol. The third kappa shape index (κ3) is 3.58. The van der Waals surface area contributed by atoms with Crippen molar-refractivity contribution >= 4 is 10.0 Å². The van der Waals surface area contributed by atoms with Crippen LogP contribution in [-0.2, 0) is 10.0 Å². The second-order valence-electron chi connectivity index (χ2n) is 4.45. The summed E-state index contributed by atoms with van der Waals surface area (Å²) in [5.74, 6) is 0.707. The van der Waals surface area contributed by atoms with Gasteiger partial charge in [0, 0.05) is 6.54 Å². The smallest absolute Gasteiger partial charge is 0.244 e. The van der Waals surface area contributed by atoms with E-state index in [2.05, 4.69) is 14.9 Å². The minimum absolute atomic E-state index is 0.157. The highest BCUT2D eigenvalue weighted by atomic mass is 32.2. The van der Waals surface area contributed by atoms with Crippen molar-refractivity contribution < 1.29 is 13.2 Å². The molecule has 0 aliphatic rings. The highest BCUT2D eigenvalue weighted by Crippen LogP contribution is 2.12. The zero-order chi connectivity index (χ0) is 14.6. The number of aryl methyl sites for hydroxylation is 1. The molecule has 6 nitrogen and oxygen atoms in total. The van der Waals surface area contributed by atoms with Crippen LogP contribution in [0.25, 0.3) is 0 Å². The summed E-state index contributed by atoms with van der Waals surface area (Å²) in [4.78, 5) is 0.157. The molecule has 2 N–H and O–H groups in total. The van der Waals surface area contributed by atoms with Gasteiger partial charge in [-0.15, -0.1) is 0 Å². The molecule has 0 aliphatic heterocycles. The van der Waals surface area contributed by atoms with Crippen LogP contribution in [0.15, 0.2) is 41.4 Å². The van der Waals surface area contributed by atoms with Crippen LogP contribution in [0.4, 0.5) is 0 Å². The summed E-state index contributed by atoms with van der Waals surface area (Å²) in [6, 6.07) is 9.26. The Morgan fingerprint density at radius 2 is 2.05 bits per heavy atom. The number of sulfonamides is 1. The maximum absolute atomic E-state index is 12.0. The standard InChI is InChI=1S/C13H17N3O3S/c1-10(19-12-6-4-3-5-7-12)8-15-20(17,18)13-9-14-16-11(13)2/h3-7,9-10,15H,8H2,1-2H3,(H,14,16)/t10-/m0/s1. The molecule has 7 heteroatoms. The van der Waals surface area contributed by atoms with E-state index in [1.165, 1.54) is 6.20 Å². The summed E-state index contributed by atoms with van der Waals surface area (Å²) in [5.41, 5.74) is 0.508. The highest BCUT2D eigenvalue weighted by molar-refractivity contribution is 7.89. The highest BCUT2D eigenvalue weighted by Gasteiger charge is 2.19. The van der Waals surface area contributed by atoms with Crippen LogP contribution in [0.1, 0.15) is 12.6 Å². The van der Waals surface area contributed by atoms with E-state index in [0.717, 1.165) is 0 Å². The summed E-state index contributed by atoms with van der Waals surface area (Å²) in [6.07, 6.45) is 1.01. The van der Waals surface area contributed by atoms with E-state index in [1.807, 2.05) is 30.3 Å². The van der Waals surface area contributed by atoms with E-state index >= 15 is 0 Å². The average molecular weight is 295 g/mol. The van der Waals surface area contributed by atoms with Crippen LogP contribution in [0.5, 0.6) is 5.75 Å². The first-order valence-electron chi connectivity index (χ1n) is 6.20. The van der Waals surface area contributed by atoms with Gasteiger partial charge in [0.1, 0.15) is 16.7 Å². The number of hydrogen-bond acceptors (Lipinski definition) is 4. The molecule has 0 fully saturated rings. The molecule has 0 amide bonds. The lowest BCUT2D eigenvalue weighted by Crippen LogP contribution is -2.33. The molecule has 0 bridgehead atoms. The van der Waals surface area contributed by atoms with Gasteiger partial charge in [0.05, 0.1) is 11.9 Å². The SMILES string of the molecule is Cc1[nH]ncc1S(=O)(=O)NC[C@H](C)Oc1ccccc1. The Balaban J connectivity index is 1.93. The molecule has 0 unspecified atom stereocenters. The van der Waals surface area contributed by atoms with Gasteiger partial charge >= 0.3 is 0 Å². The molecule has 1 heterocycles. The summed E-state index contributed by atoms with van der Waals surface area (Å²) < 4.78 is 32.2. The molecule has 1 aromatic heterocycles. The molecule has 0 radical (unpaired) electrons. The number of H-pyrrole nitrogens is 1. The minimum Gasteiger partial charge on any atom is -0.489 e. The Bertz CT molecular complexity index is 653. The van der Waals surface area contributed by atoms with Crippen molar-refractivity contribution in [3.05, 3.63) is 42.2 Å². The second kappa shape index (κ2) is 6.06. The minimum atomic E-state index is -3.56. The Hall–Kier alpha value is -1.86. The molecule has 108 valence electrons. The molecule has 2 aromatic rings. The fourth-order valence-corrected chi connectivity index (χ4v) is 2.94. The van der Waals surface area contributed by atoms with Gasteiger partial charge in [-0.25, -0.2) is 13.1 Å². The monoisotopic (exact) mass is 295 g/mol. The lowest BCUT2D eigenvalue weighted by atomic mass is 10.3. The number of nitrogens with zero attached hydrogens (tertiary/aromatic N) is 1. The van der Waals surface area contributed by atoms with Gasteiger partial charge in [-0.05, 0) is 26.0 Å². The van der Waals surface area contributed by atoms with Gasteiger partial charge in [0.25, 0.3) is 0 Å². The van der Waals surface area contributed by atoms with E-state index in [0.29, 0.717) is 11.4 Å². The normalized spacial score (nSPS) is 13.1. The molecule has 1 atom stereocenters. The lowest BCUT2D eigenvalue weighted by Gasteiger charge is -2.15. The van der Waals surface area contributed by atoms with Crippen LogP contribution in [0.3, 0.4) is 0 Å². The van der Waals surface area contributed by atoms with Crippen molar-refractivity contribution in [2.45, 2.75) is 24.8 Å². The predicted octanol–water partition coefficient (Wildman–Crippen LogP) is 1.46. The number of para-hydroxylation sites is 1. The van der Waals surface area contributed by atoms with Crippen molar-refractivity contribution in [1.82, 2.24) is 14.9 Å². The quantitative estimate of drug-likeness (QED) is 0.845. The van der Waals surface area contributed by atoms with E-state index in [-0.39, 0.29) is 17.5 Å². The molecule has 1 aromatic carbocycles. The zero-order valence-corrected chi connectivity index (χ0v) is 12.1. The second-order valence-corrected chi connectivity index (χ2v) is 6.19. The molecular formula is C13H17N3O3S. The first-order chi connectivity index (χ1) is 9.49. The van der Waals surface area contributed by atoms with E-state index in [4.69, 9.17) is 4.74 Å². The molecule has 20 heavy (non-hydrogen) atoms. The van der Waals surface area contributed by atoms with E-state index < -0.39 is 10.0 Å². The Morgan fingerprint density at radius 1 is 1.35 bits per heavy atom. The molecule has 0 saturated carbocycles. The number of nitrogens with one attached hydrogen (secondary N) is 2. The number of aromatic amines is 1. The number of ether oxygens (including phenoxy) is 1. The summed E-state index contributed by atoms with van der Waals surface area (Å²) in [6.45, 7) is 3.64. The van der Waals surface area contributed by atoms with E-state index in [9.17, 15) is 8.42 Å². The van der Waals surface area contributed by atoms with Crippen LogP contribution < -0.4 is 9.46 Å². The third-order valence-corrected chi connectivity index (χ3v) is 4.25. The summed E-state index contributed by atoms with van der Waals surface area (Å²) in [7, 11) is -3.56.